The third-order valence-corrected chi connectivity index (χ3v) is 8.03. The molecule has 13 nitrogen and oxygen atoms in total. The summed E-state index contributed by atoms with van der Waals surface area (Å²) in [6, 6.07) is 15.2. The molecule has 0 radical (unpaired) electrons. The molecule has 4 amide bonds. The third kappa shape index (κ3) is 8.57. The number of carbonyl (C=O) groups is 6. The van der Waals surface area contributed by atoms with E-state index in [1.165, 1.54) is 17.0 Å². The molecule has 0 aliphatic carbocycles. The number of nitrogens with zero attached hydrogens (tertiary/aromatic N) is 1. The maximum atomic E-state index is 13.6. The van der Waals surface area contributed by atoms with Crippen LogP contribution >= 0.6 is 0 Å². The first-order valence-corrected chi connectivity index (χ1v) is 15.2. The highest BCUT2D eigenvalue weighted by molar-refractivity contribution is 6.09. The monoisotopic (exact) mass is 646 g/mol. The summed E-state index contributed by atoms with van der Waals surface area (Å²) in [7, 11) is 0. The van der Waals surface area contributed by atoms with Gasteiger partial charge in [0.1, 0.15) is 24.7 Å². The maximum Gasteiger partial charge on any atom is 0.408 e. The normalized spacial score (nSPS) is 16.3. The van der Waals surface area contributed by atoms with Crippen LogP contribution in [0.25, 0.3) is 10.8 Å². The van der Waals surface area contributed by atoms with Crippen LogP contribution in [-0.4, -0.2) is 81.5 Å². The maximum absolute atomic E-state index is 13.6. The zero-order chi connectivity index (χ0) is 34.2. The summed E-state index contributed by atoms with van der Waals surface area (Å²) in [6.07, 6.45) is -2.44. The number of aliphatic carboxylic acids is 1. The highest BCUT2D eigenvalue weighted by atomic mass is 16.5. The quantitative estimate of drug-likeness (QED) is 0.181. The molecular weight excluding hydrogens is 608 g/mol. The Hall–Kier alpha value is -5.14. The number of nitrogens with one attached hydrogen (secondary N) is 2. The molecule has 248 valence electrons. The SMILES string of the molecule is CC(C)[C@H](NC(=O)OCc1ccccc1)C(=O)N1CCC[C@H]1C(=O)NC(=O)c1cc(CC(=O)C(N)C(O)C(=O)O)c2ccccc2c1. The van der Waals surface area contributed by atoms with Gasteiger partial charge in [0, 0.05) is 18.5 Å². The molecule has 47 heavy (non-hydrogen) atoms. The molecule has 1 aliphatic heterocycles. The van der Waals surface area contributed by atoms with Crippen LogP contribution in [0.5, 0.6) is 0 Å². The van der Waals surface area contributed by atoms with Gasteiger partial charge in [0.2, 0.25) is 11.8 Å². The predicted molar refractivity (Wildman–Crippen MR) is 170 cm³/mol. The second kappa shape index (κ2) is 15.4. The van der Waals surface area contributed by atoms with Gasteiger partial charge >= 0.3 is 12.1 Å². The van der Waals surface area contributed by atoms with Crippen LogP contribution in [0.3, 0.4) is 0 Å². The molecule has 1 saturated heterocycles. The molecule has 13 heteroatoms. The number of benzene rings is 3. The summed E-state index contributed by atoms with van der Waals surface area (Å²) in [5, 5.41) is 24.9. The number of alkyl carbamates (subject to hydrolysis) is 1. The Morgan fingerprint density at radius 1 is 1.00 bits per heavy atom. The number of likely N-dealkylation sites (tertiary alicyclic amines) is 1. The largest absolute Gasteiger partial charge is 0.479 e. The molecule has 4 rings (SSSR count). The van der Waals surface area contributed by atoms with Gasteiger partial charge in [-0.3, -0.25) is 24.5 Å². The number of nitrogens with two attached hydrogens (primary N) is 1. The summed E-state index contributed by atoms with van der Waals surface area (Å²) in [4.78, 5) is 78.1. The van der Waals surface area contributed by atoms with E-state index in [9.17, 15) is 33.9 Å². The fourth-order valence-corrected chi connectivity index (χ4v) is 5.46. The van der Waals surface area contributed by atoms with E-state index in [-0.39, 0.29) is 31.1 Å². The molecule has 0 saturated carbocycles. The van der Waals surface area contributed by atoms with E-state index in [0.29, 0.717) is 29.2 Å². The lowest BCUT2D eigenvalue weighted by molar-refractivity contribution is -0.149. The number of imide groups is 1. The smallest absolute Gasteiger partial charge is 0.408 e. The molecular formula is C34H38N4O9. The highest BCUT2D eigenvalue weighted by Gasteiger charge is 2.39. The summed E-state index contributed by atoms with van der Waals surface area (Å²) in [5.74, 6) is -4.68. The fourth-order valence-electron chi connectivity index (χ4n) is 5.46. The summed E-state index contributed by atoms with van der Waals surface area (Å²) < 4.78 is 5.29. The number of Topliss-reactive ketones (excluding diaryl/α,β-unsaturated/α-hetero) is 1. The van der Waals surface area contributed by atoms with Gasteiger partial charge in [-0.25, -0.2) is 9.59 Å². The number of aliphatic hydroxyl groups excluding tert-OH is 1. The minimum absolute atomic E-state index is 0.0181. The second-order valence-electron chi connectivity index (χ2n) is 11.7. The molecule has 4 atom stereocenters. The van der Waals surface area contributed by atoms with Crippen molar-refractivity contribution in [1.29, 1.82) is 0 Å². The van der Waals surface area contributed by atoms with Gasteiger partial charge in [-0.2, -0.15) is 0 Å². The molecule has 3 aromatic rings. The number of aliphatic hydroxyl groups is 1. The first-order chi connectivity index (χ1) is 22.4. The van der Waals surface area contributed by atoms with E-state index in [4.69, 9.17) is 15.6 Å². The Kier molecular flexibility index (Phi) is 11.4. The minimum atomic E-state index is -2.10. The first-order valence-electron chi connectivity index (χ1n) is 15.2. The summed E-state index contributed by atoms with van der Waals surface area (Å²) in [5.41, 5.74) is 6.84. The second-order valence-corrected chi connectivity index (χ2v) is 11.7. The van der Waals surface area contributed by atoms with E-state index in [0.717, 1.165) is 5.56 Å². The van der Waals surface area contributed by atoms with Crippen LogP contribution in [-0.2, 0) is 36.9 Å². The predicted octanol–water partition coefficient (Wildman–Crippen LogP) is 1.92. The third-order valence-electron chi connectivity index (χ3n) is 8.03. The Morgan fingerprint density at radius 3 is 2.36 bits per heavy atom. The zero-order valence-electron chi connectivity index (χ0n) is 26.0. The lowest BCUT2D eigenvalue weighted by Crippen LogP contribution is -2.55. The van der Waals surface area contributed by atoms with Gasteiger partial charge in [-0.05, 0) is 52.8 Å². The van der Waals surface area contributed by atoms with Gasteiger partial charge in [0.05, 0.1) is 0 Å². The molecule has 2 unspecified atom stereocenters. The molecule has 6 N–H and O–H groups in total. The molecule has 1 aliphatic rings. The first kappa shape index (κ1) is 34.7. The average molecular weight is 647 g/mol. The molecule has 1 heterocycles. The van der Waals surface area contributed by atoms with Crippen LogP contribution in [0.1, 0.15) is 48.2 Å². The van der Waals surface area contributed by atoms with E-state index in [2.05, 4.69) is 10.6 Å². The number of carboxylic acids is 1. The van der Waals surface area contributed by atoms with Gasteiger partial charge in [0.15, 0.2) is 11.9 Å². The average Bonchev–Trinajstić information content (AvgIpc) is 3.56. The van der Waals surface area contributed by atoms with Crippen molar-refractivity contribution in [2.45, 2.75) is 63.9 Å². The van der Waals surface area contributed by atoms with E-state index >= 15 is 0 Å². The number of carboxylic acid groups (broad SMARTS) is 1. The lowest BCUT2D eigenvalue weighted by atomic mass is 9.94. The number of ketones is 1. The van der Waals surface area contributed by atoms with Crippen LogP contribution in [0.2, 0.25) is 0 Å². The van der Waals surface area contributed by atoms with Crippen LogP contribution < -0.4 is 16.4 Å². The van der Waals surface area contributed by atoms with Crippen LogP contribution in [0.4, 0.5) is 4.79 Å². The number of ether oxygens (including phenoxy) is 1. The summed E-state index contributed by atoms with van der Waals surface area (Å²) >= 11 is 0. The van der Waals surface area contributed by atoms with E-state index < -0.39 is 59.8 Å². The van der Waals surface area contributed by atoms with Gasteiger partial charge in [-0.1, -0.05) is 68.4 Å². The number of fused-ring (bicyclic) bond motifs is 1. The number of amides is 4. The number of carbonyl (C=O) groups excluding carboxylic acids is 5. The van der Waals surface area contributed by atoms with Crippen molar-refractivity contribution in [1.82, 2.24) is 15.5 Å². The topological polar surface area (TPSA) is 205 Å². The highest BCUT2D eigenvalue weighted by Crippen LogP contribution is 2.24. The number of hydrogen-bond donors (Lipinski definition) is 5. The van der Waals surface area contributed by atoms with E-state index in [1.54, 1.807) is 50.2 Å². The molecule has 1 fully saturated rings. The molecule has 3 aromatic carbocycles. The van der Waals surface area contributed by atoms with Gasteiger partial charge < -0.3 is 30.9 Å². The van der Waals surface area contributed by atoms with Crippen molar-refractivity contribution in [3.63, 3.8) is 0 Å². The van der Waals surface area contributed by atoms with Gasteiger partial charge in [0.25, 0.3) is 5.91 Å². The Labute approximate surface area is 271 Å². The van der Waals surface area contributed by atoms with Crippen molar-refractivity contribution in [2.75, 3.05) is 6.54 Å². The van der Waals surface area contributed by atoms with Crippen molar-refractivity contribution in [3.8, 4) is 0 Å². The van der Waals surface area contributed by atoms with Gasteiger partial charge in [-0.15, -0.1) is 0 Å². The zero-order valence-corrected chi connectivity index (χ0v) is 26.0. The van der Waals surface area contributed by atoms with E-state index in [1.807, 2.05) is 18.2 Å². The Bertz CT molecular complexity index is 1660. The van der Waals surface area contributed by atoms with Crippen LogP contribution in [0.15, 0.2) is 66.7 Å². The molecule has 0 bridgehead atoms. The fraction of sp³-hybridized carbons (Fsp3) is 0.353. The summed E-state index contributed by atoms with van der Waals surface area (Å²) in [6.45, 7) is 3.78. The number of hydrogen-bond acceptors (Lipinski definition) is 9. The van der Waals surface area contributed by atoms with Crippen molar-refractivity contribution in [2.24, 2.45) is 11.7 Å². The Morgan fingerprint density at radius 2 is 1.68 bits per heavy atom. The molecule has 0 spiro atoms. The lowest BCUT2D eigenvalue weighted by Gasteiger charge is -2.30. The Balaban J connectivity index is 1.46. The minimum Gasteiger partial charge on any atom is -0.479 e. The van der Waals surface area contributed by atoms with Crippen molar-refractivity contribution in [3.05, 3.63) is 83.4 Å². The van der Waals surface area contributed by atoms with Crippen molar-refractivity contribution >= 4 is 46.3 Å². The number of rotatable bonds is 12. The van der Waals surface area contributed by atoms with Crippen LogP contribution in [0, 0.1) is 5.92 Å². The standard InChI is InChI=1S/C34H38N4O9/c1-19(2)28(36-34(46)47-18-20-9-4-3-5-10-20)32(43)38-14-8-13-25(38)31(42)37-30(41)23-15-21-11-6-7-12-24(21)22(16-23)17-26(39)27(35)29(40)33(44)45/h3-7,9-12,15-16,19,25,27-29,40H,8,13-14,17-18,35H2,1-2H3,(H,36,46)(H,44,45)(H,37,41,42)/t25-,27?,28-,29?/m0/s1. The molecule has 0 aromatic heterocycles. The van der Waals surface area contributed by atoms with Crippen molar-refractivity contribution < 1.29 is 43.7 Å².